The van der Waals surface area contributed by atoms with E-state index in [0.29, 0.717) is 16.1 Å². The van der Waals surface area contributed by atoms with Gasteiger partial charge in [0.15, 0.2) is 0 Å². The van der Waals surface area contributed by atoms with Crippen molar-refractivity contribution in [1.29, 1.82) is 0 Å². The topological polar surface area (TPSA) is 26.3 Å². The molecule has 2 nitrogen and oxygen atoms in total. The average Bonchev–Trinajstić information content (AvgIpc) is 2.37. The number of carbonyl (C=O) groups excluding carboxylic acids is 1. The summed E-state index contributed by atoms with van der Waals surface area (Å²) >= 11 is 5.76. The van der Waals surface area contributed by atoms with Gasteiger partial charge in [0, 0.05) is 10.6 Å². The molecule has 2 rings (SSSR count). The molecular weight excluding hydrogens is 255 g/mol. The first kappa shape index (κ1) is 12.6. The van der Waals surface area contributed by atoms with Gasteiger partial charge in [-0.25, -0.2) is 9.18 Å². The lowest BCUT2D eigenvalue weighted by atomic mass is 10.2. The molecule has 0 fully saturated rings. The predicted molar refractivity (Wildman–Crippen MR) is 67.0 cm³/mol. The zero-order chi connectivity index (χ0) is 13.0. The van der Waals surface area contributed by atoms with Crippen molar-refractivity contribution in [1.82, 2.24) is 0 Å². The van der Waals surface area contributed by atoms with Gasteiger partial charge in [-0.1, -0.05) is 35.9 Å². The zero-order valence-electron chi connectivity index (χ0n) is 9.40. The molecule has 0 heterocycles. The molecule has 0 saturated carbocycles. The first-order chi connectivity index (χ1) is 8.66. The lowest BCUT2D eigenvalue weighted by molar-refractivity contribution is 0.0469. The molecule has 0 unspecified atom stereocenters. The molecule has 0 amide bonds. The summed E-state index contributed by atoms with van der Waals surface area (Å²) in [5.74, 6) is -0.919. The van der Waals surface area contributed by atoms with Gasteiger partial charge in [0.2, 0.25) is 0 Å². The largest absolute Gasteiger partial charge is 0.457 e. The molecule has 0 atom stereocenters. The van der Waals surface area contributed by atoms with E-state index in [-0.39, 0.29) is 6.61 Å². The van der Waals surface area contributed by atoms with Gasteiger partial charge in [-0.3, -0.25) is 0 Å². The van der Waals surface area contributed by atoms with E-state index in [1.165, 1.54) is 12.1 Å². The second kappa shape index (κ2) is 5.65. The van der Waals surface area contributed by atoms with Gasteiger partial charge in [-0.05, 0) is 24.3 Å². The summed E-state index contributed by atoms with van der Waals surface area (Å²) in [7, 11) is 0. The fourth-order valence-electron chi connectivity index (χ4n) is 1.46. The first-order valence-electron chi connectivity index (χ1n) is 5.33. The molecule has 0 radical (unpaired) electrons. The molecule has 0 bridgehead atoms. The van der Waals surface area contributed by atoms with Crippen molar-refractivity contribution in [3.05, 3.63) is 70.5 Å². The summed E-state index contributed by atoms with van der Waals surface area (Å²) < 4.78 is 18.3. The van der Waals surface area contributed by atoms with Gasteiger partial charge in [-0.15, -0.1) is 0 Å². The van der Waals surface area contributed by atoms with E-state index in [1.54, 1.807) is 36.4 Å². The van der Waals surface area contributed by atoms with Crippen molar-refractivity contribution in [3.63, 3.8) is 0 Å². The van der Waals surface area contributed by atoms with Crippen molar-refractivity contribution in [2.24, 2.45) is 0 Å². The van der Waals surface area contributed by atoms with Crippen LogP contribution in [0.2, 0.25) is 5.02 Å². The van der Waals surface area contributed by atoms with Crippen LogP contribution < -0.4 is 0 Å². The van der Waals surface area contributed by atoms with Crippen molar-refractivity contribution >= 4 is 17.6 Å². The van der Waals surface area contributed by atoms with Crippen LogP contribution in [-0.2, 0) is 11.3 Å². The lowest BCUT2D eigenvalue weighted by Crippen LogP contribution is -2.06. The molecule has 2 aromatic carbocycles. The van der Waals surface area contributed by atoms with E-state index >= 15 is 0 Å². The van der Waals surface area contributed by atoms with Gasteiger partial charge >= 0.3 is 5.97 Å². The van der Waals surface area contributed by atoms with Crippen molar-refractivity contribution in [2.45, 2.75) is 6.61 Å². The third-order valence-electron chi connectivity index (χ3n) is 2.38. The normalized spacial score (nSPS) is 10.1. The number of hydrogen-bond donors (Lipinski definition) is 0. The molecule has 0 spiro atoms. The molecule has 0 aliphatic rings. The standard InChI is InChI=1S/C14H10ClFO2/c15-12-6-3-5-10(8-12)14(17)18-9-11-4-1-2-7-13(11)16/h1-8H,9H2. The predicted octanol–water partition coefficient (Wildman–Crippen LogP) is 3.84. The van der Waals surface area contributed by atoms with Crippen LogP contribution >= 0.6 is 11.6 Å². The number of ether oxygens (including phenoxy) is 1. The number of carbonyl (C=O) groups is 1. The molecule has 18 heavy (non-hydrogen) atoms. The molecule has 0 aliphatic heterocycles. The van der Waals surface area contributed by atoms with Crippen LogP contribution in [0.1, 0.15) is 15.9 Å². The van der Waals surface area contributed by atoms with Crippen LogP contribution in [-0.4, -0.2) is 5.97 Å². The van der Waals surface area contributed by atoms with Gasteiger partial charge in [0.25, 0.3) is 0 Å². The SMILES string of the molecule is O=C(OCc1ccccc1F)c1cccc(Cl)c1. The van der Waals surface area contributed by atoms with Crippen LogP contribution in [0.4, 0.5) is 4.39 Å². The van der Waals surface area contributed by atoms with Gasteiger partial charge < -0.3 is 4.74 Å². The Balaban J connectivity index is 2.03. The minimum atomic E-state index is -0.527. The van der Waals surface area contributed by atoms with Gasteiger partial charge in [0.1, 0.15) is 12.4 Å². The number of rotatable bonds is 3. The Morgan fingerprint density at radius 2 is 1.94 bits per heavy atom. The number of halogens is 2. The zero-order valence-corrected chi connectivity index (χ0v) is 10.2. The van der Waals surface area contributed by atoms with E-state index in [0.717, 1.165) is 0 Å². The van der Waals surface area contributed by atoms with Crippen LogP contribution in [0.15, 0.2) is 48.5 Å². The van der Waals surface area contributed by atoms with E-state index in [4.69, 9.17) is 16.3 Å². The second-order valence-electron chi connectivity index (χ2n) is 3.68. The lowest BCUT2D eigenvalue weighted by Gasteiger charge is -2.06. The number of hydrogen-bond acceptors (Lipinski definition) is 2. The minimum Gasteiger partial charge on any atom is -0.457 e. The number of esters is 1. The highest BCUT2D eigenvalue weighted by Gasteiger charge is 2.09. The summed E-state index contributed by atoms with van der Waals surface area (Å²) in [4.78, 5) is 11.7. The van der Waals surface area contributed by atoms with Crippen molar-refractivity contribution in [2.75, 3.05) is 0 Å². The summed E-state index contributed by atoms with van der Waals surface area (Å²) in [6.07, 6.45) is 0. The maximum absolute atomic E-state index is 13.3. The molecule has 92 valence electrons. The smallest absolute Gasteiger partial charge is 0.338 e. The number of benzene rings is 2. The molecule has 0 N–H and O–H groups in total. The summed E-state index contributed by atoms with van der Waals surface area (Å²) in [6, 6.07) is 12.6. The first-order valence-corrected chi connectivity index (χ1v) is 5.71. The highest BCUT2D eigenvalue weighted by Crippen LogP contribution is 2.13. The van der Waals surface area contributed by atoms with E-state index in [2.05, 4.69) is 0 Å². The Morgan fingerprint density at radius 1 is 1.17 bits per heavy atom. The Labute approximate surface area is 109 Å². The van der Waals surface area contributed by atoms with E-state index in [9.17, 15) is 9.18 Å². The van der Waals surface area contributed by atoms with Gasteiger partial charge in [-0.2, -0.15) is 0 Å². The average molecular weight is 265 g/mol. The summed E-state index contributed by atoms with van der Waals surface area (Å²) in [5.41, 5.74) is 0.687. The van der Waals surface area contributed by atoms with Crippen LogP contribution in [0.5, 0.6) is 0 Å². The molecule has 2 aromatic rings. The third kappa shape index (κ3) is 3.08. The Kier molecular flexibility index (Phi) is 3.95. The summed E-state index contributed by atoms with van der Waals surface area (Å²) in [6.45, 7) is -0.0992. The molecular formula is C14H10ClFO2. The minimum absolute atomic E-state index is 0.0992. The summed E-state index contributed by atoms with van der Waals surface area (Å²) in [5, 5.41) is 0.454. The highest BCUT2D eigenvalue weighted by atomic mass is 35.5. The fraction of sp³-hybridized carbons (Fsp3) is 0.0714. The molecule has 0 aromatic heterocycles. The molecule has 4 heteroatoms. The quantitative estimate of drug-likeness (QED) is 0.788. The maximum atomic E-state index is 13.3. The van der Waals surface area contributed by atoms with E-state index < -0.39 is 11.8 Å². The molecule has 0 aliphatic carbocycles. The van der Waals surface area contributed by atoms with Crippen molar-refractivity contribution < 1.29 is 13.9 Å². The second-order valence-corrected chi connectivity index (χ2v) is 4.11. The Hall–Kier alpha value is -1.87. The Bertz CT molecular complexity index is 569. The van der Waals surface area contributed by atoms with Crippen molar-refractivity contribution in [3.8, 4) is 0 Å². The van der Waals surface area contributed by atoms with Crippen LogP contribution in [0.25, 0.3) is 0 Å². The van der Waals surface area contributed by atoms with E-state index in [1.807, 2.05) is 0 Å². The fourth-order valence-corrected chi connectivity index (χ4v) is 1.65. The van der Waals surface area contributed by atoms with Crippen LogP contribution in [0, 0.1) is 5.82 Å². The molecule has 0 saturated heterocycles. The highest BCUT2D eigenvalue weighted by molar-refractivity contribution is 6.30. The Morgan fingerprint density at radius 3 is 2.67 bits per heavy atom. The maximum Gasteiger partial charge on any atom is 0.338 e. The van der Waals surface area contributed by atoms with Gasteiger partial charge in [0.05, 0.1) is 5.56 Å². The monoisotopic (exact) mass is 264 g/mol. The third-order valence-corrected chi connectivity index (χ3v) is 2.61. The van der Waals surface area contributed by atoms with Crippen LogP contribution in [0.3, 0.4) is 0 Å².